The van der Waals surface area contributed by atoms with Crippen molar-refractivity contribution in [2.24, 2.45) is 0 Å². The van der Waals surface area contributed by atoms with Crippen LogP contribution in [-0.4, -0.2) is 0 Å². The van der Waals surface area contributed by atoms with E-state index >= 15 is 0 Å². The number of halogens is 4. The van der Waals surface area contributed by atoms with E-state index in [-0.39, 0.29) is 63.4 Å². The Morgan fingerprint density at radius 3 is 2.38 bits per heavy atom. The molecular formula is C15H8BrCl3SZr. The van der Waals surface area contributed by atoms with Gasteiger partial charge >= 0.3 is 26.2 Å². The van der Waals surface area contributed by atoms with Crippen molar-refractivity contribution in [2.75, 3.05) is 0 Å². The molecule has 0 amide bonds. The Morgan fingerprint density at radius 2 is 1.62 bits per heavy atom. The largest absolute Gasteiger partial charge is 4.00 e. The summed E-state index contributed by atoms with van der Waals surface area (Å²) in [7, 11) is 0. The summed E-state index contributed by atoms with van der Waals surface area (Å²) >= 11 is 5.42. The molecule has 1 aromatic carbocycles. The molecule has 0 saturated carbocycles. The van der Waals surface area contributed by atoms with Gasteiger partial charge in [-0.2, -0.15) is 0 Å². The molecule has 0 fully saturated rings. The van der Waals surface area contributed by atoms with Gasteiger partial charge in [0.1, 0.15) is 0 Å². The topological polar surface area (TPSA) is 0 Å². The van der Waals surface area contributed by atoms with E-state index in [0.29, 0.717) is 0 Å². The van der Waals surface area contributed by atoms with Crippen molar-refractivity contribution in [3.05, 3.63) is 53.0 Å². The molecule has 0 radical (unpaired) electrons. The van der Waals surface area contributed by atoms with E-state index in [1.807, 2.05) is 11.3 Å². The average molecular weight is 498 g/mol. The Morgan fingerprint density at radius 1 is 0.905 bits per heavy atom. The number of thiophene rings is 1. The van der Waals surface area contributed by atoms with Crippen molar-refractivity contribution in [1.82, 2.24) is 0 Å². The molecule has 0 spiro atoms. The average Bonchev–Trinajstić information content (AvgIpc) is 2.84. The summed E-state index contributed by atoms with van der Waals surface area (Å²) < 4.78 is 3.93. The van der Waals surface area contributed by atoms with Gasteiger partial charge in [0.2, 0.25) is 0 Å². The Hall–Kier alpha value is 0.503. The smallest absolute Gasteiger partial charge is 1.00 e. The molecule has 0 aliphatic heterocycles. The zero-order valence-electron chi connectivity index (χ0n) is 10.5. The van der Waals surface area contributed by atoms with Gasteiger partial charge in [-0.25, -0.2) is 0 Å². The molecule has 0 nitrogen and oxygen atoms in total. The predicted molar refractivity (Wildman–Crippen MR) is 79.2 cm³/mol. The van der Waals surface area contributed by atoms with Crippen LogP contribution < -0.4 is 37.2 Å². The summed E-state index contributed by atoms with van der Waals surface area (Å²) in [5, 5.41) is 2.76. The SMILES string of the molecule is Brc1ccc2c3sc4ccccc4c3cc-2[cH-]1.[Cl-].[Cl-].[Cl-].[Zr+4]. The van der Waals surface area contributed by atoms with Crippen molar-refractivity contribution in [3.8, 4) is 11.1 Å². The fraction of sp³-hybridized carbons (Fsp3) is 0. The molecule has 1 heterocycles. The van der Waals surface area contributed by atoms with Gasteiger partial charge in [0, 0.05) is 4.70 Å². The summed E-state index contributed by atoms with van der Waals surface area (Å²) in [5.74, 6) is 0. The molecule has 0 bridgehead atoms. The first-order valence-corrected chi connectivity index (χ1v) is 7.10. The van der Waals surface area contributed by atoms with Gasteiger partial charge in [-0.1, -0.05) is 44.2 Å². The number of hydrogen-bond donors (Lipinski definition) is 0. The van der Waals surface area contributed by atoms with Gasteiger partial charge < -0.3 is 37.2 Å². The number of fused-ring (bicyclic) bond motifs is 5. The first-order chi connectivity index (χ1) is 8.33. The van der Waals surface area contributed by atoms with Crippen LogP contribution in [0.15, 0.2) is 53.0 Å². The molecule has 106 valence electrons. The van der Waals surface area contributed by atoms with Crippen LogP contribution >= 0.6 is 27.3 Å². The van der Waals surface area contributed by atoms with Gasteiger partial charge in [0.15, 0.2) is 0 Å². The van der Waals surface area contributed by atoms with Crippen molar-refractivity contribution in [1.29, 1.82) is 0 Å². The molecule has 1 aromatic heterocycles. The van der Waals surface area contributed by atoms with E-state index in [2.05, 4.69) is 64.5 Å². The molecule has 2 aromatic rings. The second-order valence-electron chi connectivity index (χ2n) is 4.22. The third kappa shape index (κ3) is 3.54. The Bertz CT molecular complexity index is 824. The van der Waals surface area contributed by atoms with Crippen LogP contribution in [0.1, 0.15) is 0 Å². The third-order valence-corrected chi connectivity index (χ3v) is 4.91. The maximum atomic E-state index is 3.53. The van der Waals surface area contributed by atoms with Crippen LogP contribution in [0.5, 0.6) is 0 Å². The minimum atomic E-state index is 0. The number of rotatable bonds is 0. The second kappa shape index (κ2) is 8.38. The first-order valence-electron chi connectivity index (χ1n) is 5.49. The monoisotopic (exact) mass is 494 g/mol. The molecule has 0 N–H and O–H groups in total. The normalized spacial score (nSPS) is 9.57. The van der Waals surface area contributed by atoms with Crippen LogP contribution in [0.25, 0.3) is 31.3 Å². The molecule has 21 heavy (non-hydrogen) atoms. The minimum absolute atomic E-state index is 0. The van der Waals surface area contributed by atoms with Crippen LogP contribution in [0, 0.1) is 0 Å². The van der Waals surface area contributed by atoms with E-state index in [0.717, 1.165) is 4.47 Å². The maximum absolute atomic E-state index is 3.53. The maximum Gasteiger partial charge on any atom is 4.00 e. The zero-order valence-corrected chi connectivity index (χ0v) is 17.7. The molecular weight excluding hydrogens is 490 g/mol. The van der Waals surface area contributed by atoms with Crippen molar-refractivity contribution < 1.29 is 63.4 Å². The first kappa shape index (κ1) is 21.5. The van der Waals surface area contributed by atoms with Crippen LogP contribution in [0.4, 0.5) is 0 Å². The van der Waals surface area contributed by atoms with E-state index in [1.165, 1.54) is 31.3 Å². The van der Waals surface area contributed by atoms with Gasteiger partial charge in [-0.3, -0.25) is 0 Å². The molecule has 4 rings (SSSR count). The predicted octanol–water partition coefficient (Wildman–Crippen LogP) is -3.35. The fourth-order valence-electron chi connectivity index (χ4n) is 2.42. The fourth-order valence-corrected chi connectivity index (χ4v) is 4.03. The molecule has 6 heteroatoms. The van der Waals surface area contributed by atoms with Crippen LogP contribution in [-0.2, 0) is 26.2 Å². The summed E-state index contributed by atoms with van der Waals surface area (Å²) in [6.07, 6.45) is 0. The molecule has 0 saturated heterocycles. The van der Waals surface area contributed by atoms with Crippen LogP contribution in [0.2, 0.25) is 0 Å². The third-order valence-electron chi connectivity index (χ3n) is 3.19. The minimum Gasteiger partial charge on any atom is -1.00 e. The van der Waals surface area contributed by atoms with E-state index in [9.17, 15) is 0 Å². The quantitative estimate of drug-likeness (QED) is 0.223. The number of hydrogen-bond acceptors (Lipinski definition) is 1. The summed E-state index contributed by atoms with van der Waals surface area (Å²) in [5.41, 5.74) is 2.69. The van der Waals surface area contributed by atoms with Crippen molar-refractivity contribution in [3.63, 3.8) is 0 Å². The Kier molecular flexibility index (Phi) is 8.58. The summed E-state index contributed by atoms with van der Waals surface area (Å²) in [6, 6.07) is 17.4. The van der Waals surface area contributed by atoms with E-state index in [4.69, 9.17) is 0 Å². The van der Waals surface area contributed by atoms with E-state index in [1.54, 1.807) is 0 Å². The summed E-state index contributed by atoms with van der Waals surface area (Å²) in [6.45, 7) is 0. The second-order valence-corrected chi connectivity index (χ2v) is 6.18. The van der Waals surface area contributed by atoms with Gasteiger partial charge in [0.05, 0.1) is 0 Å². The standard InChI is InChI=1S/C15H8BrS.3ClH.Zr/c16-10-5-6-11-9(7-10)8-13-12-3-1-2-4-14(12)17-15(11)13;;;;/h1-8H;3*1H;/q-1;;;;+4/p-3. The van der Waals surface area contributed by atoms with Gasteiger partial charge in [-0.05, 0) is 21.5 Å². The van der Waals surface area contributed by atoms with E-state index < -0.39 is 0 Å². The van der Waals surface area contributed by atoms with Gasteiger partial charge in [-0.15, -0.1) is 41.2 Å². The van der Waals surface area contributed by atoms with Gasteiger partial charge in [0.25, 0.3) is 0 Å². The Labute approximate surface area is 173 Å². The molecule has 2 aliphatic carbocycles. The Balaban J connectivity index is 0.000001000. The number of benzene rings is 2. The zero-order chi connectivity index (χ0) is 11.4. The van der Waals surface area contributed by atoms with Crippen molar-refractivity contribution >= 4 is 47.4 Å². The molecule has 0 atom stereocenters. The molecule has 0 unspecified atom stereocenters. The summed E-state index contributed by atoms with van der Waals surface area (Å²) in [4.78, 5) is 0. The van der Waals surface area contributed by atoms with Crippen molar-refractivity contribution in [2.45, 2.75) is 0 Å². The molecule has 2 aliphatic rings. The van der Waals surface area contributed by atoms with Crippen LogP contribution in [0.3, 0.4) is 0 Å².